The number of ether oxygens (including phenoxy) is 4. The Hall–Kier alpha value is -4.93. The monoisotopic (exact) mass is 548 g/mol. The van der Waals surface area contributed by atoms with Crippen LogP contribution in [0.5, 0.6) is 0 Å². The van der Waals surface area contributed by atoms with Gasteiger partial charge in [-0.1, -0.05) is 30.3 Å². The zero-order valence-electron chi connectivity index (χ0n) is 22.7. The van der Waals surface area contributed by atoms with Crippen molar-refractivity contribution in [2.24, 2.45) is 5.92 Å². The number of carbonyl (C=O) groups is 5. The predicted octanol–water partition coefficient (Wildman–Crippen LogP) is 2.81. The van der Waals surface area contributed by atoms with Gasteiger partial charge in [0.15, 0.2) is 0 Å². The molecule has 11 nitrogen and oxygen atoms in total. The van der Waals surface area contributed by atoms with E-state index in [0.29, 0.717) is 28.1 Å². The molecule has 0 fully saturated rings. The van der Waals surface area contributed by atoms with Gasteiger partial charge in [0, 0.05) is 19.0 Å². The van der Waals surface area contributed by atoms with Gasteiger partial charge in [-0.25, -0.2) is 9.59 Å². The van der Waals surface area contributed by atoms with E-state index >= 15 is 0 Å². The van der Waals surface area contributed by atoms with Crippen molar-refractivity contribution in [3.05, 3.63) is 82.2 Å². The molecule has 0 aromatic heterocycles. The van der Waals surface area contributed by atoms with Gasteiger partial charge in [-0.3, -0.25) is 19.3 Å². The molecule has 208 valence electrons. The fourth-order valence-electron chi connectivity index (χ4n) is 4.89. The summed E-state index contributed by atoms with van der Waals surface area (Å²) in [5.74, 6) is -4.67. The molecule has 0 N–H and O–H groups in total. The van der Waals surface area contributed by atoms with Gasteiger partial charge < -0.3 is 23.8 Å². The number of benzene rings is 2. The first-order chi connectivity index (χ1) is 19.1. The number of aryl methyl sites for hydroxylation is 1. The van der Waals surface area contributed by atoms with Gasteiger partial charge in [0.1, 0.15) is 18.3 Å². The molecule has 40 heavy (non-hydrogen) atoms. The molecule has 0 saturated heterocycles. The van der Waals surface area contributed by atoms with Crippen molar-refractivity contribution < 1.29 is 42.9 Å². The lowest BCUT2D eigenvalue weighted by Crippen LogP contribution is -2.47. The summed E-state index contributed by atoms with van der Waals surface area (Å²) >= 11 is 0. The van der Waals surface area contributed by atoms with Crippen LogP contribution < -0.4 is 9.80 Å². The molecule has 1 unspecified atom stereocenters. The summed E-state index contributed by atoms with van der Waals surface area (Å²) in [5, 5.41) is 0. The van der Waals surface area contributed by atoms with Gasteiger partial charge >= 0.3 is 23.9 Å². The molecule has 4 rings (SSSR count). The molecule has 11 heteroatoms. The summed E-state index contributed by atoms with van der Waals surface area (Å²) in [6, 6.07) is 12.0. The maximum absolute atomic E-state index is 14.2. The number of fused-ring (bicyclic) bond motifs is 3. The van der Waals surface area contributed by atoms with Crippen LogP contribution in [-0.4, -0.2) is 57.7 Å². The molecule has 1 atom stereocenters. The van der Waals surface area contributed by atoms with Crippen molar-refractivity contribution in [1.82, 2.24) is 0 Å². The first-order valence-electron chi connectivity index (χ1n) is 12.3. The highest BCUT2D eigenvalue weighted by Crippen LogP contribution is 2.42. The largest absolute Gasteiger partial charge is 0.468 e. The predicted molar refractivity (Wildman–Crippen MR) is 142 cm³/mol. The van der Waals surface area contributed by atoms with E-state index in [9.17, 15) is 24.0 Å². The highest BCUT2D eigenvalue weighted by Gasteiger charge is 2.44. The number of rotatable bonds is 6. The lowest BCUT2D eigenvalue weighted by Gasteiger charge is -2.41. The lowest BCUT2D eigenvalue weighted by molar-refractivity contribution is -0.147. The molecule has 2 aliphatic rings. The lowest BCUT2D eigenvalue weighted by atomic mass is 9.94. The van der Waals surface area contributed by atoms with Gasteiger partial charge in [0.05, 0.1) is 49.4 Å². The minimum atomic E-state index is -1.28. The molecule has 1 amide bonds. The van der Waals surface area contributed by atoms with Crippen LogP contribution >= 0.6 is 0 Å². The molecule has 2 aliphatic heterocycles. The summed E-state index contributed by atoms with van der Waals surface area (Å²) in [4.78, 5) is 68.0. The molecule has 2 aromatic rings. The number of nitrogens with zero attached hydrogens (tertiary/aromatic N) is 2. The quantitative estimate of drug-likeness (QED) is 0.393. The van der Waals surface area contributed by atoms with Crippen LogP contribution in [-0.2, 0) is 44.7 Å². The molecule has 0 aliphatic carbocycles. The van der Waals surface area contributed by atoms with Crippen LogP contribution in [0.1, 0.15) is 28.4 Å². The van der Waals surface area contributed by atoms with Gasteiger partial charge in [-0.15, -0.1) is 0 Å². The Bertz CT molecular complexity index is 1470. The Morgan fingerprint density at radius 2 is 1.62 bits per heavy atom. The highest BCUT2D eigenvalue weighted by molar-refractivity contribution is 6.16. The fourth-order valence-corrected chi connectivity index (χ4v) is 4.89. The SMILES string of the molecule is COC(=O)C1=C(C(=O)OC)C(C(=O)OC)CN2C(=C1)N(c1c(C)cccc1COC(C)=O)C(=O)c1ccccc12. The van der Waals surface area contributed by atoms with E-state index in [2.05, 4.69) is 0 Å². The minimum absolute atomic E-state index is 0.122. The number of methoxy groups -OCH3 is 3. The van der Waals surface area contributed by atoms with Crippen LogP contribution in [0.4, 0.5) is 11.4 Å². The maximum Gasteiger partial charge on any atom is 0.338 e. The molecule has 0 spiro atoms. The van der Waals surface area contributed by atoms with Gasteiger partial charge in [0.2, 0.25) is 0 Å². The Morgan fingerprint density at radius 3 is 2.27 bits per heavy atom. The van der Waals surface area contributed by atoms with Gasteiger partial charge in [-0.2, -0.15) is 0 Å². The third-order valence-corrected chi connectivity index (χ3v) is 6.68. The Balaban J connectivity index is 2.08. The van der Waals surface area contributed by atoms with E-state index in [1.165, 1.54) is 25.0 Å². The molecule has 2 aromatic carbocycles. The smallest absolute Gasteiger partial charge is 0.338 e. The molecule has 2 heterocycles. The van der Waals surface area contributed by atoms with Crippen molar-refractivity contribution in [2.45, 2.75) is 20.5 Å². The second kappa shape index (κ2) is 11.4. The summed E-state index contributed by atoms with van der Waals surface area (Å²) in [6.45, 7) is 2.77. The zero-order valence-corrected chi connectivity index (χ0v) is 22.7. The average molecular weight is 549 g/mol. The summed E-state index contributed by atoms with van der Waals surface area (Å²) in [7, 11) is 3.43. The van der Waals surface area contributed by atoms with Crippen LogP contribution in [0.15, 0.2) is 65.5 Å². The standard InChI is InChI=1S/C29H28N2O9/c1-16-9-8-10-18(15-40-17(2)32)25(16)31-23-13-20(27(34)37-3)24(29(36)39-5)21(28(35)38-4)14-30(23)22-12-7-6-11-19(22)26(31)33/h6-13,21H,14-15H2,1-5H3. The highest BCUT2D eigenvalue weighted by atomic mass is 16.5. The van der Waals surface area contributed by atoms with Crippen molar-refractivity contribution in [1.29, 1.82) is 0 Å². The second-order valence-electron chi connectivity index (χ2n) is 9.02. The van der Waals surface area contributed by atoms with Crippen LogP contribution in [0, 0.1) is 12.8 Å². The molecular formula is C29H28N2O9. The topological polar surface area (TPSA) is 129 Å². The van der Waals surface area contributed by atoms with E-state index in [0.717, 1.165) is 14.2 Å². The summed E-state index contributed by atoms with van der Waals surface area (Å²) in [6.07, 6.45) is 1.33. The van der Waals surface area contributed by atoms with Crippen LogP contribution in [0.3, 0.4) is 0 Å². The maximum atomic E-state index is 14.2. The number of hydrogen-bond acceptors (Lipinski definition) is 10. The number of esters is 4. The van der Waals surface area contributed by atoms with E-state index in [-0.39, 0.29) is 30.1 Å². The van der Waals surface area contributed by atoms with Gasteiger partial charge in [-0.05, 0) is 30.7 Å². The molecule has 0 saturated carbocycles. The van der Waals surface area contributed by atoms with Crippen LogP contribution in [0.2, 0.25) is 0 Å². The first-order valence-corrected chi connectivity index (χ1v) is 12.3. The number of anilines is 2. The average Bonchev–Trinajstić information content (AvgIpc) is 3.13. The number of carbonyl (C=O) groups excluding carboxylic acids is 5. The minimum Gasteiger partial charge on any atom is -0.468 e. The number of hydrogen-bond donors (Lipinski definition) is 0. The third-order valence-electron chi connectivity index (χ3n) is 6.68. The molecule has 0 bridgehead atoms. The fraction of sp³-hybridized carbons (Fsp3) is 0.276. The Morgan fingerprint density at radius 1 is 0.925 bits per heavy atom. The summed E-state index contributed by atoms with van der Waals surface area (Å²) in [5.41, 5.74) is 1.84. The van der Waals surface area contributed by atoms with E-state index in [4.69, 9.17) is 18.9 Å². The zero-order chi connectivity index (χ0) is 29.1. The Labute approximate surface area is 230 Å². The van der Waals surface area contributed by atoms with Crippen molar-refractivity contribution in [3.8, 4) is 0 Å². The normalized spacial score (nSPS) is 16.3. The third kappa shape index (κ3) is 4.93. The van der Waals surface area contributed by atoms with E-state index < -0.39 is 35.7 Å². The molecule has 0 radical (unpaired) electrons. The van der Waals surface area contributed by atoms with Crippen molar-refractivity contribution >= 4 is 41.2 Å². The van der Waals surface area contributed by atoms with Gasteiger partial charge in [0.25, 0.3) is 5.91 Å². The summed E-state index contributed by atoms with van der Waals surface area (Å²) < 4.78 is 20.2. The second-order valence-corrected chi connectivity index (χ2v) is 9.02. The van der Waals surface area contributed by atoms with Crippen molar-refractivity contribution in [2.75, 3.05) is 37.7 Å². The van der Waals surface area contributed by atoms with Crippen molar-refractivity contribution in [3.63, 3.8) is 0 Å². The molecular weight excluding hydrogens is 520 g/mol. The van der Waals surface area contributed by atoms with E-state index in [1.54, 1.807) is 54.3 Å². The number of amides is 1. The van der Waals surface area contributed by atoms with E-state index in [1.807, 2.05) is 0 Å². The number of para-hydroxylation sites is 2. The first kappa shape index (κ1) is 28.1. The Kier molecular flexibility index (Phi) is 8.03. The van der Waals surface area contributed by atoms with Crippen LogP contribution in [0.25, 0.3) is 0 Å².